The van der Waals surface area contributed by atoms with Crippen molar-refractivity contribution in [1.29, 1.82) is 0 Å². The number of halogens is 2. The lowest BCUT2D eigenvalue weighted by Crippen LogP contribution is -2.30. The molecule has 1 aromatic carbocycles. The van der Waals surface area contributed by atoms with Gasteiger partial charge in [-0.25, -0.2) is 8.78 Å². The highest BCUT2D eigenvalue weighted by molar-refractivity contribution is 5.43. The molecule has 0 heterocycles. The van der Waals surface area contributed by atoms with E-state index in [2.05, 4.69) is 0 Å². The fourth-order valence-electron chi connectivity index (χ4n) is 2.75. The van der Waals surface area contributed by atoms with Crippen LogP contribution in [-0.4, -0.2) is 20.1 Å². The zero-order valence-corrected chi connectivity index (χ0v) is 11.9. The molecule has 1 aliphatic rings. The van der Waals surface area contributed by atoms with E-state index < -0.39 is 5.92 Å². The molecule has 1 aliphatic carbocycles. The van der Waals surface area contributed by atoms with E-state index in [1.165, 1.54) is 0 Å². The largest absolute Gasteiger partial charge is 0.493 e. The average Bonchev–Trinajstić information content (AvgIpc) is 2.45. The van der Waals surface area contributed by atoms with E-state index in [0.29, 0.717) is 24.3 Å². The molecule has 3 nitrogen and oxygen atoms in total. The third kappa shape index (κ3) is 3.20. The molecule has 2 N–H and O–H groups in total. The summed E-state index contributed by atoms with van der Waals surface area (Å²) in [5, 5.41) is 0. The van der Waals surface area contributed by atoms with Crippen LogP contribution < -0.4 is 15.2 Å². The van der Waals surface area contributed by atoms with Crippen molar-refractivity contribution >= 4 is 0 Å². The van der Waals surface area contributed by atoms with E-state index in [-0.39, 0.29) is 24.8 Å². The number of methoxy groups -OCH3 is 2. The van der Waals surface area contributed by atoms with Crippen molar-refractivity contribution in [3.05, 3.63) is 23.8 Å². The van der Waals surface area contributed by atoms with Gasteiger partial charge >= 0.3 is 0 Å². The summed E-state index contributed by atoms with van der Waals surface area (Å²) in [4.78, 5) is 0. The van der Waals surface area contributed by atoms with Crippen LogP contribution in [0.4, 0.5) is 8.78 Å². The maximum absolute atomic E-state index is 13.2. The van der Waals surface area contributed by atoms with Crippen LogP contribution in [0, 0.1) is 5.92 Å². The minimum absolute atomic E-state index is 0.0708. The second-order valence-electron chi connectivity index (χ2n) is 5.33. The second-order valence-corrected chi connectivity index (χ2v) is 5.33. The van der Waals surface area contributed by atoms with Gasteiger partial charge in [0.2, 0.25) is 5.92 Å². The molecule has 1 fully saturated rings. The Morgan fingerprint density at radius 3 is 2.30 bits per heavy atom. The molecule has 0 aliphatic heterocycles. The molecular formula is C15H21F2NO2. The minimum atomic E-state index is -2.52. The number of ether oxygens (including phenoxy) is 2. The first-order chi connectivity index (χ1) is 9.46. The molecule has 0 aromatic heterocycles. The first kappa shape index (κ1) is 15.0. The summed E-state index contributed by atoms with van der Waals surface area (Å²) in [6.45, 7) is 0. The molecule has 1 atom stereocenters. The minimum Gasteiger partial charge on any atom is -0.493 e. The summed E-state index contributed by atoms with van der Waals surface area (Å²) in [6, 6.07) is 5.26. The maximum Gasteiger partial charge on any atom is 0.248 e. The van der Waals surface area contributed by atoms with Crippen molar-refractivity contribution in [2.24, 2.45) is 11.7 Å². The SMILES string of the molecule is COc1ccc(C(N)C2CCC(F)(F)CC2)cc1OC. The predicted molar refractivity (Wildman–Crippen MR) is 73.4 cm³/mol. The van der Waals surface area contributed by atoms with E-state index in [0.717, 1.165) is 5.56 Å². The van der Waals surface area contributed by atoms with Gasteiger partial charge in [-0.3, -0.25) is 0 Å². The second kappa shape index (κ2) is 5.95. The van der Waals surface area contributed by atoms with Gasteiger partial charge in [0.15, 0.2) is 11.5 Å². The standard InChI is InChI=1S/C15H21F2NO2/c1-19-12-4-3-11(9-13(12)20-2)14(18)10-5-7-15(16,17)8-6-10/h3-4,9-10,14H,5-8,18H2,1-2H3. The highest BCUT2D eigenvalue weighted by Gasteiger charge is 2.37. The molecule has 0 saturated heterocycles. The van der Waals surface area contributed by atoms with E-state index in [1.807, 2.05) is 12.1 Å². The van der Waals surface area contributed by atoms with Gasteiger partial charge in [-0.2, -0.15) is 0 Å². The molecule has 1 unspecified atom stereocenters. The Kier molecular flexibility index (Phi) is 4.48. The number of hydrogen-bond acceptors (Lipinski definition) is 3. The molecular weight excluding hydrogens is 264 g/mol. The quantitative estimate of drug-likeness (QED) is 0.920. The van der Waals surface area contributed by atoms with Crippen LogP contribution in [0.2, 0.25) is 0 Å². The topological polar surface area (TPSA) is 44.5 Å². The smallest absolute Gasteiger partial charge is 0.248 e. The number of nitrogens with two attached hydrogens (primary N) is 1. The predicted octanol–water partition coefficient (Wildman–Crippen LogP) is 3.53. The van der Waals surface area contributed by atoms with Crippen molar-refractivity contribution in [2.75, 3.05) is 14.2 Å². The Morgan fingerprint density at radius 2 is 1.75 bits per heavy atom. The van der Waals surface area contributed by atoms with Gasteiger partial charge in [-0.05, 0) is 36.5 Å². The molecule has 1 saturated carbocycles. The summed E-state index contributed by atoms with van der Waals surface area (Å²) in [7, 11) is 3.13. The van der Waals surface area contributed by atoms with Gasteiger partial charge in [0.25, 0.3) is 0 Å². The third-order valence-corrected chi connectivity index (χ3v) is 4.06. The lowest BCUT2D eigenvalue weighted by Gasteiger charge is -2.32. The highest BCUT2D eigenvalue weighted by Crippen LogP contribution is 2.41. The Bertz CT molecular complexity index is 455. The van der Waals surface area contributed by atoms with Gasteiger partial charge in [0, 0.05) is 18.9 Å². The fraction of sp³-hybridized carbons (Fsp3) is 0.600. The summed E-state index contributed by atoms with van der Waals surface area (Å²) < 4.78 is 36.8. The van der Waals surface area contributed by atoms with Crippen LogP contribution in [0.25, 0.3) is 0 Å². The van der Waals surface area contributed by atoms with Crippen molar-refractivity contribution < 1.29 is 18.3 Å². The Labute approximate surface area is 118 Å². The Morgan fingerprint density at radius 1 is 1.15 bits per heavy atom. The highest BCUT2D eigenvalue weighted by atomic mass is 19.3. The third-order valence-electron chi connectivity index (χ3n) is 4.06. The maximum atomic E-state index is 13.2. The number of hydrogen-bond donors (Lipinski definition) is 1. The van der Waals surface area contributed by atoms with Crippen LogP contribution in [0.15, 0.2) is 18.2 Å². The summed E-state index contributed by atoms with van der Waals surface area (Å²) in [5.74, 6) is -1.18. The van der Waals surface area contributed by atoms with E-state index in [1.54, 1.807) is 20.3 Å². The molecule has 0 radical (unpaired) electrons. The molecule has 0 amide bonds. The Balaban J connectivity index is 2.11. The van der Waals surface area contributed by atoms with E-state index in [9.17, 15) is 8.78 Å². The molecule has 20 heavy (non-hydrogen) atoms. The van der Waals surface area contributed by atoms with Gasteiger partial charge in [-0.15, -0.1) is 0 Å². The number of benzene rings is 1. The van der Waals surface area contributed by atoms with Gasteiger partial charge in [0.1, 0.15) is 0 Å². The first-order valence-corrected chi connectivity index (χ1v) is 6.82. The van der Waals surface area contributed by atoms with Gasteiger partial charge in [-0.1, -0.05) is 6.07 Å². The van der Waals surface area contributed by atoms with Crippen molar-refractivity contribution in [2.45, 2.75) is 37.6 Å². The fourth-order valence-corrected chi connectivity index (χ4v) is 2.75. The van der Waals surface area contributed by atoms with Crippen LogP contribution in [0.3, 0.4) is 0 Å². The van der Waals surface area contributed by atoms with Crippen LogP contribution in [0.5, 0.6) is 11.5 Å². The first-order valence-electron chi connectivity index (χ1n) is 6.82. The van der Waals surface area contributed by atoms with Crippen molar-refractivity contribution in [1.82, 2.24) is 0 Å². The van der Waals surface area contributed by atoms with Crippen LogP contribution >= 0.6 is 0 Å². The zero-order valence-electron chi connectivity index (χ0n) is 11.9. The monoisotopic (exact) mass is 285 g/mol. The summed E-state index contributed by atoms with van der Waals surface area (Å²) in [6.07, 6.45) is 0.780. The normalized spacial score (nSPS) is 20.4. The Hall–Kier alpha value is -1.36. The summed E-state index contributed by atoms with van der Waals surface area (Å²) >= 11 is 0. The molecule has 2 rings (SSSR count). The number of alkyl halides is 2. The molecule has 5 heteroatoms. The lowest BCUT2D eigenvalue weighted by atomic mass is 9.80. The van der Waals surface area contributed by atoms with Crippen molar-refractivity contribution in [3.8, 4) is 11.5 Å². The molecule has 0 spiro atoms. The molecule has 1 aromatic rings. The average molecular weight is 285 g/mol. The van der Waals surface area contributed by atoms with E-state index in [4.69, 9.17) is 15.2 Å². The van der Waals surface area contributed by atoms with Gasteiger partial charge in [0.05, 0.1) is 14.2 Å². The van der Waals surface area contributed by atoms with E-state index >= 15 is 0 Å². The zero-order chi connectivity index (χ0) is 14.8. The molecule has 0 bridgehead atoms. The van der Waals surface area contributed by atoms with Crippen LogP contribution in [-0.2, 0) is 0 Å². The molecule has 112 valence electrons. The van der Waals surface area contributed by atoms with Crippen molar-refractivity contribution in [3.63, 3.8) is 0 Å². The lowest BCUT2D eigenvalue weighted by molar-refractivity contribution is -0.0483. The van der Waals surface area contributed by atoms with Crippen LogP contribution in [0.1, 0.15) is 37.3 Å². The van der Waals surface area contributed by atoms with Gasteiger partial charge < -0.3 is 15.2 Å². The number of rotatable bonds is 4. The summed E-state index contributed by atoms with van der Waals surface area (Å²) in [5.41, 5.74) is 7.13.